The van der Waals surface area contributed by atoms with Crippen molar-refractivity contribution in [1.29, 1.82) is 0 Å². The van der Waals surface area contributed by atoms with Gasteiger partial charge in [0.15, 0.2) is 0 Å². The van der Waals surface area contributed by atoms with E-state index in [2.05, 4.69) is 15.0 Å². The third-order valence-corrected chi connectivity index (χ3v) is 6.30. The maximum absolute atomic E-state index is 13.3. The minimum absolute atomic E-state index is 0.00434. The summed E-state index contributed by atoms with van der Waals surface area (Å²) in [5, 5.41) is 0. The van der Waals surface area contributed by atoms with E-state index in [1.54, 1.807) is 36.6 Å². The van der Waals surface area contributed by atoms with Crippen LogP contribution in [0, 0.1) is 11.8 Å². The van der Waals surface area contributed by atoms with E-state index in [4.69, 9.17) is 4.74 Å². The molecule has 30 heavy (non-hydrogen) atoms. The van der Waals surface area contributed by atoms with Crippen molar-refractivity contribution in [3.8, 4) is 0 Å². The molecule has 0 radical (unpaired) electrons. The van der Waals surface area contributed by atoms with E-state index < -0.39 is 17.4 Å². The molecule has 3 aliphatic rings. The Kier molecular flexibility index (Phi) is 4.58. The summed E-state index contributed by atoms with van der Waals surface area (Å²) >= 11 is 0. The van der Waals surface area contributed by atoms with E-state index in [9.17, 15) is 9.59 Å². The molecule has 8 nitrogen and oxygen atoms in total. The van der Waals surface area contributed by atoms with Crippen molar-refractivity contribution in [2.45, 2.75) is 24.7 Å². The molecule has 2 bridgehead atoms. The second kappa shape index (κ2) is 7.28. The highest BCUT2D eigenvalue weighted by Gasteiger charge is 2.66. The van der Waals surface area contributed by atoms with Gasteiger partial charge in [0, 0.05) is 32.2 Å². The summed E-state index contributed by atoms with van der Waals surface area (Å²) in [4.78, 5) is 42.2. The quantitative estimate of drug-likeness (QED) is 0.663. The molecule has 0 aromatic carbocycles. The van der Waals surface area contributed by atoms with Gasteiger partial charge < -0.3 is 14.5 Å². The number of carbonyl (C=O) groups excluding carboxylic acids is 2. The second-order valence-electron chi connectivity index (χ2n) is 8.16. The Morgan fingerprint density at radius 3 is 2.83 bits per heavy atom. The number of hydrogen-bond donors (Lipinski definition) is 0. The van der Waals surface area contributed by atoms with Gasteiger partial charge in [0.25, 0.3) is 0 Å². The monoisotopic (exact) mass is 405 g/mol. The molecule has 4 atom stereocenters. The Morgan fingerprint density at radius 1 is 1.27 bits per heavy atom. The Balaban J connectivity index is 1.31. The highest BCUT2D eigenvalue weighted by atomic mass is 16.5. The molecule has 0 saturated carbocycles. The van der Waals surface area contributed by atoms with Crippen molar-refractivity contribution in [2.75, 3.05) is 20.1 Å². The summed E-state index contributed by atoms with van der Waals surface area (Å²) in [5.41, 5.74) is 1.20. The fraction of sp³-hybridized carbons (Fsp3) is 0.409. The zero-order valence-electron chi connectivity index (χ0n) is 16.7. The second-order valence-corrected chi connectivity index (χ2v) is 8.16. The van der Waals surface area contributed by atoms with Crippen LogP contribution >= 0.6 is 0 Å². The Morgan fingerprint density at radius 2 is 2.07 bits per heavy atom. The summed E-state index contributed by atoms with van der Waals surface area (Å²) in [6, 6.07) is 5.69. The first-order valence-corrected chi connectivity index (χ1v) is 10.1. The zero-order valence-corrected chi connectivity index (χ0v) is 16.7. The topological polar surface area (TPSA) is 88.5 Å². The van der Waals surface area contributed by atoms with E-state index in [-0.39, 0.29) is 17.9 Å². The van der Waals surface area contributed by atoms with Gasteiger partial charge in [0.2, 0.25) is 11.8 Å². The third kappa shape index (κ3) is 3.08. The standard InChI is InChI=1S/C22H23N5O3/c1-26(12-16-5-10-24-14-25-16)20(28)18-17-2-7-22(30-17)13-27(21(29)19(18)22)11-6-15-3-8-23-9-4-15/h2-5,7-10,14,17-19H,6,11-13H2,1H3/t17-,18?,19?,22-/m1/s1. The van der Waals surface area contributed by atoms with Gasteiger partial charge in [-0.3, -0.25) is 14.6 Å². The van der Waals surface area contributed by atoms with Crippen LogP contribution in [0.25, 0.3) is 0 Å². The molecule has 2 aromatic rings. The predicted octanol–water partition coefficient (Wildman–Crippen LogP) is 0.855. The maximum Gasteiger partial charge on any atom is 0.230 e. The van der Waals surface area contributed by atoms with E-state index in [0.717, 1.165) is 17.7 Å². The molecule has 3 aliphatic heterocycles. The molecular formula is C22H23N5O3. The zero-order chi connectivity index (χ0) is 20.7. The van der Waals surface area contributed by atoms with Gasteiger partial charge in [-0.15, -0.1) is 0 Å². The van der Waals surface area contributed by atoms with Crippen LogP contribution in [0.15, 0.2) is 55.3 Å². The van der Waals surface area contributed by atoms with Crippen molar-refractivity contribution in [3.63, 3.8) is 0 Å². The van der Waals surface area contributed by atoms with Crippen LogP contribution in [0.3, 0.4) is 0 Å². The lowest BCUT2D eigenvalue weighted by Gasteiger charge is -2.27. The number of ether oxygens (including phenoxy) is 1. The SMILES string of the molecule is CN(Cc1ccncn1)C(=O)C1C2C(=O)N(CCc3ccncc3)C[C@]23C=C[C@H]1O3. The van der Waals surface area contributed by atoms with Crippen molar-refractivity contribution >= 4 is 11.8 Å². The van der Waals surface area contributed by atoms with Crippen molar-refractivity contribution in [1.82, 2.24) is 24.8 Å². The largest absolute Gasteiger partial charge is 0.360 e. The average molecular weight is 405 g/mol. The molecule has 5 rings (SSSR count). The molecule has 1 spiro atoms. The van der Waals surface area contributed by atoms with Crippen LogP contribution in [0.4, 0.5) is 0 Å². The maximum atomic E-state index is 13.3. The van der Waals surface area contributed by atoms with Gasteiger partial charge in [0.1, 0.15) is 11.9 Å². The molecule has 2 fully saturated rings. The average Bonchev–Trinajstić information content (AvgIpc) is 3.41. The highest BCUT2D eigenvalue weighted by molar-refractivity contribution is 5.93. The van der Waals surface area contributed by atoms with E-state index in [1.807, 2.05) is 29.2 Å². The summed E-state index contributed by atoms with van der Waals surface area (Å²) < 4.78 is 6.21. The van der Waals surface area contributed by atoms with Crippen LogP contribution in [-0.4, -0.2) is 68.4 Å². The number of amides is 2. The molecule has 5 heterocycles. The summed E-state index contributed by atoms with van der Waals surface area (Å²) in [5.74, 6) is -1.05. The first-order valence-electron chi connectivity index (χ1n) is 10.1. The molecule has 2 aromatic heterocycles. The van der Waals surface area contributed by atoms with Gasteiger partial charge in [-0.2, -0.15) is 0 Å². The number of rotatable bonds is 6. The van der Waals surface area contributed by atoms with Crippen LogP contribution in [0.5, 0.6) is 0 Å². The number of pyridine rings is 1. The van der Waals surface area contributed by atoms with Gasteiger partial charge in [-0.1, -0.05) is 12.2 Å². The minimum atomic E-state index is -0.684. The lowest BCUT2D eigenvalue weighted by atomic mass is 9.76. The fourth-order valence-electron chi connectivity index (χ4n) is 4.85. The number of hydrogen-bond acceptors (Lipinski definition) is 6. The predicted molar refractivity (Wildman–Crippen MR) is 107 cm³/mol. The molecule has 2 amide bonds. The van der Waals surface area contributed by atoms with E-state index >= 15 is 0 Å². The molecule has 0 aliphatic carbocycles. The van der Waals surface area contributed by atoms with Crippen molar-refractivity contribution in [3.05, 3.63) is 66.5 Å². The number of carbonyl (C=O) groups is 2. The summed E-state index contributed by atoms with van der Waals surface area (Å²) in [7, 11) is 1.74. The van der Waals surface area contributed by atoms with E-state index in [1.165, 1.54) is 6.33 Å². The van der Waals surface area contributed by atoms with Crippen LogP contribution in [-0.2, 0) is 27.3 Å². The Hall–Kier alpha value is -3.13. The van der Waals surface area contributed by atoms with Gasteiger partial charge in [-0.25, -0.2) is 9.97 Å². The molecule has 8 heteroatoms. The molecule has 0 N–H and O–H groups in total. The smallest absolute Gasteiger partial charge is 0.230 e. The number of aromatic nitrogens is 3. The van der Waals surface area contributed by atoms with Crippen molar-refractivity contribution in [2.24, 2.45) is 11.8 Å². The first-order chi connectivity index (χ1) is 14.6. The first kappa shape index (κ1) is 18.9. The third-order valence-electron chi connectivity index (χ3n) is 6.30. The van der Waals surface area contributed by atoms with Crippen LogP contribution in [0.2, 0.25) is 0 Å². The molecule has 2 unspecified atom stereocenters. The number of fused-ring (bicyclic) bond motifs is 1. The molecular weight excluding hydrogens is 382 g/mol. The van der Waals surface area contributed by atoms with Gasteiger partial charge in [0.05, 0.1) is 36.7 Å². The Labute approximate surface area is 174 Å². The number of nitrogens with zero attached hydrogens (tertiary/aromatic N) is 5. The van der Waals surface area contributed by atoms with Gasteiger partial charge in [-0.05, 0) is 30.2 Å². The summed E-state index contributed by atoms with van der Waals surface area (Å²) in [6.07, 6.45) is 11.0. The minimum Gasteiger partial charge on any atom is -0.360 e. The lowest BCUT2D eigenvalue weighted by molar-refractivity contribution is -0.142. The lowest BCUT2D eigenvalue weighted by Crippen LogP contribution is -2.44. The molecule has 2 saturated heterocycles. The summed E-state index contributed by atoms with van der Waals surface area (Å²) in [6.45, 7) is 1.46. The normalized spacial score (nSPS) is 28.8. The fourth-order valence-corrected chi connectivity index (χ4v) is 4.85. The highest BCUT2D eigenvalue weighted by Crippen LogP contribution is 2.52. The Bertz CT molecular complexity index is 983. The van der Waals surface area contributed by atoms with Gasteiger partial charge >= 0.3 is 0 Å². The van der Waals surface area contributed by atoms with Crippen molar-refractivity contribution < 1.29 is 14.3 Å². The number of likely N-dealkylation sites (tertiary alicyclic amines) is 1. The van der Waals surface area contributed by atoms with Crippen LogP contribution < -0.4 is 0 Å². The van der Waals surface area contributed by atoms with Crippen LogP contribution in [0.1, 0.15) is 11.3 Å². The molecule has 154 valence electrons. The van der Waals surface area contributed by atoms with E-state index in [0.29, 0.717) is 19.6 Å².